The van der Waals surface area contributed by atoms with Crippen LogP contribution in [-0.4, -0.2) is 62.3 Å². The van der Waals surface area contributed by atoms with Crippen molar-refractivity contribution in [1.82, 2.24) is 9.55 Å². The van der Waals surface area contributed by atoms with Crippen LogP contribution < -0.4 is 10.9 Å². The topological polar surface area (TPSA) is 146 Å². The van der Waals surface area contributed by atoms with E-state index in [1.807, 2.05) is 0 Å². The molecule has 0 amide bonds. The minimum Gasteiger partial charge on any atom is -0.388 e. The van der Waals surface area contributed by atoms with Crippen molar-refractivity contribution in [3.05, 3.63) is 15.3 Å². The van der Waals surface area contributed by atoms with Crippen LogP contribution in [-0.2, 0) is 11.8 Å². The van der Waals surface area contributed by atoms with Gasteiger partial charge < -0.3 is 25.4 Å². The number of anilines is 1. The molecule has 4 N–H and O–H groups in total. The van der Waals surface area contributed by atoms with Gasteiger partial charge in [-0.15, -0.1) is 4.91 Å². The first-order chi connectivity index (χ1) is 10.4. The first kappa shape index (κ1) is 16.8. The molecule has 1 fully saturated rings. The van der Waals surface area contributed by atoms with Crippen molar-refractivity contribution < 1.29 is 20.1 Å². The van der Waals surface area contributed by atoms with Crippen LogP contribution in [0, 0.1) is 4.91 Å². The van der Waals surface area contributed by atoms with Crippen LogP contribution in [0.25, 0.3) is 0 Å². The Balaban J connectivity index is 2.35. The zero-order valence-electron chi connectivity index (χ0n) is 11.8. The monoisotopic (exact) mass is 332 g/mol. The van der Waals surface area contributed by atoms with Gasteiger partial charge in [0.25, 0.3) is 5.56 Å². The zero-order valence-corrected chi connectivity index (χ0v) is 12.6. The van der Waals surface area contributed by atoms with Crippen LogP contribution >= 0.6 is 11.8 Å². The minimum absolute atomic E-state index is 0.157. The lowest BCUT2D eigenvalue weighted by atomic mass is 10.0. The molecule has 0 radical (unpaired) electrons. The molecule has 2 heterocycles. The summed E-state index contributed by atoms with van der Waals surface area (Å²) in [6.07, 6.45) is -3.56. The summed E-state index contributed by atoms with van der Waals surface area (Å²) in [7, 11) is 1.45. The third-order valence-corrected chi connectivity index (χ3v) is 4.01. The van der Waals surface area contributed by atoms with Gasteiger partial charge in [0.15, 0.2) is 17.2 Å². The lowest BCUT2D eigenvalue weighted by Gasteiger charge is -2.35. The molecule has 0 spiro atoms. The Labute approximate surface area is 129 Å². The van der Waals surface area contributed by atoms with Gasteiger partial charge >= 0.3 is 0 Å². The quantitative estimate of drug-likeness (QED) is 0.302. The Morgan fingerprint density at radius 2 is 2.09 bits per heavy atom. The zero-order chi connectivity index (χ0) is 16.4. The van der Waals surface area contributed by atoms with E-state index in [1.54, 1.807) is 6.26 Å². The van der Waals surface area contributed by atoms with Gasteiger partial charge in [-0.2, -0.15) is 0 Å². The van der Waals surface area contributed by atoms with Gasteiger partial charge in [0.1, 0.15) is 18.3 Å². The summed E-state index contributed by atoms with van der Waals surface area (Å²) in [6, 6.07) is 0. The highest BCUT2D eigenvalue weighted by atomic mass is 32.2. The Morgan fingerprint density at radius 1 is 1.41 bits per heavy atom. The van der Waals surface area contributed by atoms with E-state index < -0.39 is 35.8 Å². The maximum atomic E-state index is 12.0. The van der Waals surface area contributed by atoms with Crippen LogP contribution in [0.1, 0.15) is 0 Å². The van der Waals surface area contributed by atoms with Crippen molar-refractivity contribution in [2.24, 2.45) is 12.2 Å². The number of aliphatic hydroxyl groups excluding tert-OH is 3. The molecule has 0 unspecified atom stereocenters. The lowest BCUT2D eigenvalue weighted by Crippen LogP contribution is -2.55. The Bertz CT molecular complexity index is 623. The predicted molar refractivity (Wildman–Crippen MR) is 78.1 cm³/mol. The highest BCUT2D eigenvalue weighted by Crippen LogP contribution is 2.24. The third kappa shape index (κ3) is 2.98. The first-order valence-electron chi connectivity index (χ1n) is 6.31. The van der Waals surface area contributed by atoms with Crippen LogP contribution in [0.5, 0.6) is 0 Å². The van der Waals surface area contributed by atoms with Gasteiger partial charge in [-0.1, -0.05) is 11.8 Å². The first-order valence-corrected chi connectivity index (χ1v) is 7.53. The molecule has 4 atom stereocenters. The van der Waals surface area contributed by atoms with Gasteiger partial charge in [0.2, 0.25) is 5.69 Å². The summed E-state index contributed by atoms with van der Waals surface area (Å²) in [5.41, 5.74) is -1.11. The average Bonchev–Trinajstić information content (AvgIpc) is 2.51. The molecule has 122 valence electrons. The Hall–Kier alpha value is -1.53. The van der Waals surface area contributed by atoms with E-state index in [4.69, 9.17) is 4.74 Å². The largest absolute Gasteiger partial charge is 0.388 e. The number of hydrogen-bond donors (Lipinski definition) is 4. The van der Waals surface area contributed by atoms with E-state index in [-0.39, 0.29) is 12.4 Å². The third-order valence-electron chi connectivity index (χ3n) is 3.28. The van der Waals surface area contributed by atoms with Crippen LogP contribution in [0.4, 0.5) is 11.5 Å². The number of nitrogens with one attached hydrogen (secondary N) is 1. The molecule has 10 nitrogen and oxygen atoms in total. The molecule has 0 aliphatic carbocycles. The molecule has 0 bridgehead atoms. The predicted octanol–water partition coefficient (Wildman–Crippen LogP) is -1.25. The van der Waals surface area contributed by atoms with E-state index in [0.717, 1.165) is 0 Å². The van der Waals surface area contributed by atoms with E-state index in [2.05, 4.69) is 15.5 Å². The second-order valence-corrected chi connectivity index (χ2v) is 5.47. The van der Waals surface area contributed by atoms with Gasteiger partial charge in [0.05, 0.1) is 6.61 Å². The second kappa shape index (κ2) is 6.71. The van der Waals surface area contributed by atoms with Crippen LogP contribution in [0.2, 0.25) is 0 Å². The van der Waals surface area contributed by atoms with Crippen molar-refractivity contribution in [1.29, 1.82) is 0 Å². The summed E-state index contributed by atoms with van der Waals surface area (Å²) in [6.45, 7) is -0.222. The van der Waals surface area contributed by atoms with Crippen molar-refractivity contribution in [3.8, 4) is 0 Å². The maximum Gasteiger partial charge on any atom is 0.285 e. The minimum atomic E-state index is -1.47. The van der Waals surface area contributed by atoms with E-state index in [0.29, 0.717) is 5.16 Å². The standard InChI is InChI=1S/C11H16N4O6S/c1-15-10(19)5(14-20)8(13-11(15)22-2)12-9-7(18)6(17)4(16)3-21-9/h4,6-7,9,12,16-18H,3H2,1-2H3/t4-,6+,7-,9-/m1/s1. The fraction of sp³-hybridized carbons (Fsp3) is 0.636. The molecule has 2 rings (SSSR count). The number of aromatic nitrogens is 2. The van der Waals surface area contributed by atoms with Gasteiger partial charge in [-0.25, -0.2) is 4.98 Å². The molecule has 1 aliphatic heterocycles. The number of thioether (sulfide) groups is 1. The Kier molecular flexibility index (Phi) is 5.13. The molecule has 0 saturated carbocycles. The molecule has 0 aromatic carbocycles. The van der Waals surface area contributed by atoms with E-state index >= 15 is 0 Å². The summed E-state index contributed by atoms with van der Waals surface area (Å²) in [4.78, 5) is 27.0. The molecule has 1 aromatic rings. The number of aliphatic hydroxyl groups is 3. The highest BCUT2D eigenvalue weighted by molar-refractivity contribution is 7.98. The maximum absolute atomic E-state index is 12.0. The van der Waals surface area contributed by atoms with Gasteiger partial charge in [0, 0.05) is 7.05 Å². The number of hydrogen-bond acceptors (Lipinski definition) is 10. The van der Waals surface area contributed by atoms with E-state index in [1.165, 1.54) is 23.4 Å². The van der Waals surface area contributed by atoms with Crippen molar-refractivity contribution in [2.45, 2.75) is 29.7 Å². The summed E-state index contributed by atoms with van der Waals surface area (Å²) >= 11 is 1.18. The van der Waals surface area contributed by atoms with Gasteiger partial charge in [-0.05, 0) is 11.4 Å². The number of nitrogens with zero attached hydrogens (tertiary/aromatic N) is 3. The van der Waals surface area contributed by atoms with Crippen molar-refractivity contribution in [2.75, 3.05) is 18.2 Å². The molecule has 1 aliphatic rings. The summed E-state index contributed by atoms with van der Waals surface area (Å²) in [5.74, 6) is -0.157. The number of nitroso groups, excluding NO2 is 1. The second-order valence-electron chi connectivity index (χ2n) is 4.70. The molecule has 1 saturated heterocycles. The number of rotatable bonds is 4. The molecule has 11 heteroatoms. The molecular weight excluding hydrogens is 316 g/mol. The lowest BCUT2D eigenvalue weighted by molar-refractivity contribution is -0.178. The number of ether oxygens (including phenoxy) is 1. The normalized spacial score (nSPS) is 28.4. The van der Waals surface area contributed by atoms with Crippen LogP contribution in [0.15, 0.2) is 15.1 Å². The van der Waals surface area contributed by atoms with Crippen LogP contribution in [0.3, 0.4) is 0 Å². The van der Waals surface area contributed by atoms with E-state index in [9.17, 15) is 25.0 Å². The molecule has 1 aromatic heterocycles. The Morgan fingerprint density at radius 3 is 2.68 bits per heavy atom. The molecule has 22 heavy (non-hydrogen) atoms. The average molecular weight is 332 g/mol. The van der Waals surface area contributed by atoms with Gasteiger partial charge in [-0.3, -0.25) is 9.36 Å². The fourth-order valence-corrected chi connectivity index (χ4v) is 2.54. The highest BCUT2D eigenvalue weighted by Gasteiger charge is 2.38. The van der Waals surface area contributed by atoms with Crippen molar-refractivity contribution in [3.63, 3.8) is 0 Å². The SMILES string of the molecule is CSc1nc(N[C@@H]2OC[C@@H](O)[C@H](O)[C@H]2O)c(N=O)c(=O)n1C. The summed E-state index contributed by atoms with van der Waals surface area (Å²) in [5, 5.41) is 34.4. The van der Waals surface area contributed by atoms with Crippen molar-refractivity contribution >= 4 is 23.3 Å². The molecular formula is C11H16N4O6S. The summed E-state index contributed by atoms with van der Waals surface area (Å²) < 4.78 is 6.32. The fourth-order valence-electron chi connectivity index (χ4n) is 2.00. The smallest absolute Gasteiger partial charge is 0.285 e.